The lowest BCUT2D eigenvalue weighted by atomic mass is 10.7. The molecule has 0 aromatic rings. The molecule has 5 heteroatoms. The van der Waals surface area contributed by atoms with E-state index in [2.05, 4.69) is 9.47 Å². The minimum absolute atomic E-state index is 0.292. The molecular weight excluding hydrogens is 155 g/mol. The third kappa shape index (κ3) is 6.76. The van der Waals surface area contributed by atoms with Crippen LogP contribution in [0.25, 0.3) is 0 Å². The van der Waals surface area contributed by atoms with Crippen molar-refractivity contribution in [1.82, 2.24) is 0 Å². The van der Waals surface area contributed by atoms with Crippen LogP contribution >= 0.6 is 0 Å². The second kappa shape index (κ2) is 5.64. The first-order valence-electron chi connectivity index (χ1n) is 3.01. The Balaban J connectivity index is 3.30. The fourth-order valence-electron chi connectivity index (χ4n) is 0.355. The summed E-state index contributed by atoms with van der Waals surface area (Å²) in [5, 5.41) is 0. The van der Waals surface area contributed by atoms with Gasteiger partial charge in [-0.15, -0.1) is 0 Å². The zero-order chi connectivity index (χ0) is 8.69. The topological polar surface area (TPSA) is 52.6 Å². The van der Waals surface area contributed by atoms with Crippen LogP contribution in [0.4, 0.5) is 4.39 Å². The van der Waals surface area contributed by atoms with E-state index in [-0.39, 0.29) is 6.61 Å². The van der Waals surface area contributed by atoms with Crippen LogP contribution in [0.2, 0.25) is 0 Å². The Morgan fingerprint density at radius 1 is 1.36 bits per heavy atom. The van der Waals surface area contributed by atoms with Gasteiger partial charge in [0.1, 0.15) is 13.3 Å². The molecule has 64 valence electrons. The molecule has 0 aromatic heterocycles. The van der Waals surface area contributed by atoms with Gasteiger partial charge in [-0.25, -0.2) is 9.18 Å². The Hall–Kier alpha value is -1.13. The zero-order valence-electron chi connectivity index (χ0n) is 6.13. The first kappa shape index (κ1) is 9.87. The number of hydrogen-bond acceptors (Lipinski definition) is 4. The summed E-state index contributed by atoms with van der Waals surface area (Å²) in [5.41, 5.74) is 0. The van der Waals surface area contributed by atoms with Crippen molar-refractivity contribution in [2.45, 2.75) is 6.92 Å². The normalized spacial score (nSPS) is 8.91. The fraction of sp³-hybridized carbons (Fsp3) is 0.667. The highest BCUT2D eigenvalue weighted by atomic mass is 19.1. The van der Waals surface area contributed by atoms with Gasteiger partial charge < -0.3 is 9.47 Å². The van der Waals surface area contributed by atoms with Crippen LogP contribution in [0.5, 0.6) is 0 Å². The van der Waals surface area contributed by atoms with Crippen LogP contribution in [0.1, 0.15) is 6.92 Å². The highest BCUT2D eigenvalue weighted by molar-refractivity contribution is 5.75. The second-order valence-electron chi connectivity index (χ2n) is 1.69. The minimum Gasteiger partial charge on any atom is -0.460 e. The molecule has 11 heavy (non-hydrogen) atoms. The number of alkyl halides is 1. The standard InChI is InChI=1S/C6H9FO4/c1-5(8)11-4-6(9)10-3-2-7/h2-4H2,1H3. The van der Waals surface area contributed by atoms with E-state index in [1.54, 1.807) is 0 Å². The maximum absolute atomic E-state index is 11.4. The van der Waals surface area contributed by atoms with Crippen molar-refractivity contribution < 1.29 is 23.5 Å². The van der Waals surface area contributed by atoms with Crippen molar-refractivity contribution in [2.24, 2.45) is 0 Å². The van der Waals surface area contributed by atoms with Crippen molar-refractivity contribution >= 4 is 11.9 Å². The molecule has 0 aliphatic carbocycles. The highest BCUT2D eigenvalue weighted by Crippen LogP contribution is 1.82. The lowest BCUT2D eigenvalue weighted by molar-refractivity contribution is -0.157. The maximum atomic E-state index is 11.4. The van der Waals surface area contributed by atoms with E-state index in [0.29, 0.717) is 0 Å². The van der Waals surface area contributed by atoms with Gasteiger partial charge in [-0.05, 0) is 0 Å². The number of carbonyl (C=O) groups is 2. The Bertz CT molecular complexity index is 146. The van der Waals surface area contributed by atoms with Gasteiger partial charge in [0, 0.05) is 6.92 Å². The highest BCUT2D eigenvalue weighted by Gasteiger charge is 2.03. The van der Waals surface area contributed by atoms with Crippen molar-refractivity contribution in [3.63, 3.8) is 0 Å². The van der Waals surface area contributed by atoms with Gasteiger partial charge in [0.15, 0.2) is 6.61 Å². The zero-order valence-corrected chi connectivity index (χ0v) is 6.13. The largest absolute Gasteiger partial charge is 0.460 e. The van der Waals surface area contributed by atoms with E-state index in [4.69, 9.17) is 0 Å². The summed E-state index contributed by atoms with van der Waals surface area (Å²) in [7, 11) is 0. The van der Waals surface area contributed by atoms with Gasteiger partial charge in [-0.2, -0.15) is 0 Å². The first-order chi connectivity index (χ1) is 5.16. The molecule has 0 amide bonds. The molecule has 0 aliphatic heterocycles. The van der Waals surface area contributed by atoms with E-state index in [1.165, 1.54) is 6.92 Å². The molecular formula is C6H9FO4. The quantitative estimate of drug-likeness (QED) is 0.551. The number of rotatable bonds is 4. The van der Waals surface area contributed by atoms with Gasteiger partial charge in [-0.1, -0.05) is 0 Å². The predicted octanol–water partition coefficient (Wildman–Crippen LogP) is 0.0622. The number of esters is 2. The summed E-state index contributed by atoms with van der Waals surface area (Å²) >= 11 is 0. The molecule has 0 aromatic carbocycles. The average Bonchev–Trinajstić information content (AvgIpc) is 1.97. The molecule has 0 saturated heterocycles. The van der Waals surface area contributed by atoms with E-state index in [1.807, 2.05) is 0 Å². The molecule has 0 saturated carbocycles. The van der Waals surface area contributed by atoms with Gasteiger partial charge in [0.05, 0.1) is 0 Å². The van der Waals surface area contributed by atoms with Crippen molar-refractivity contribution in [1.29, 1.82) is 0 Å². The summed E-state index contributed by atoms with van der Waals surface area (Å²) in [6.45, 7) is -0.302. The van der Waals surface area contributed by atoms with Crippen LogP contribution in [0.3, 0.4) is 0 Å². The number of carbonyl (C=O) groups excluding carboxylic acids is 2. The number of hydrogen-bond donors (Lipinski definition) is 0. The Morgan fingerprint density at radius 3 is 2.45 bits per heavy atom. The number of ether oxygens (including phenoxy) is 2. The third-order valence-corrected chi connectivity index (χ3v) is 0.733. The molecule has 0 rings (SSSR count). The second-order valence-corrected chi connectivity index (χ2v) is 1.69. The van der Waals surface area contributed by atoms with E-state index in [0.717, 1.165) is 0 Å². The monoisotopic (exact) mass is 164 g/mol. The number of halogens is 1. The molecule has 0 heterocycles. The molecule has 0 unspecified atom stereocenters. The van der Waals surface area contributed by atoms with Gasteiger partial charge in [0.2, 0.25) is 0 Å². The summed E-state index contributed by atoms with van der Waals surface area (Å²) in [4.78, 5) is 20.6. The predicted molar refractivity (Wildman–Crippen MR) is 33.6 cm³/mol. The maximum Gasteiger partial charge on any atom is 0.344 e. The fourth-order valence-corrected chi connectivity index (χ4v) is 0.355. The molecule has 4 nitrogen and oxygen atoms in total. The summed E-state index contributed by atoms with van der Waals surface area (Å²) < 4.78 is 19.9. The Morgan fingerprint density at radius 2 is 2.00 bits per heavy atom. The van der Waals surface area contributed by atoms with Gasteiger partial charge in [0.25, 0.3) is 0 Å². The summed E-state index contributed by atoms with van der Waals surface area (Å²) in [6, 6.07) is 0. The lowest BCUT2D eigenvalue weighted by Crippen LogP contribution is -2.15. The van der Waals surface area contributed by atoms with Crippen molar-refractivity contribution in [3.8, 4) is 0 Å². The molecule has 0 atom stereocenters. The third-order valence-electron chi connectivity index (χ3n) is 0.733. The lowest BCUT2D eigenvalue weighted by Gasteiger charge is -2.01. The molecule has 0 spiro atoms. The van der Waals surface area contributed by atoms with Crippen LogP contribution in [-0.4, -0.2) is 31.8 Å². The van der Waals surface area contributed by atoms with Gasteiger partial charge in [-0.3, -0.25) is 4.79 Å². The molecule has 0 N–H and O–H groups in total. The molecule has 0 radical (unpaired) electrons. The smallest absolute Gasteiger partial charge is 0.344 e. The Kier molecular flexibility index (Phi) is 5.06. The Labute approximate surface area is 63.3 Å². The SMILES string of the molecule is CC(=O)OCC(=O)OCCF. The molecule has 0 aliphatic rings. The minimum atomic E-state index is -0.738. The van der Waals surface area contributed by atoms with Crippen molar-refractivity contribution in [2.75, 3.05) is 19.9 Å². The van der Waals surface area contributed by atoms with Crippen molar-refractivity contribution in [3.05, 3.63) is 0 Å². The molecule has 0 fully saturated rings. The van der Waals surface area contributed by atoms with E-state index in [9.17, 15) is 14.0 Å². The molecule has 0 bridgehead atoms. The average molecular weight is 164 g/mol. The van der Waals surface area contributed by atoms with Gasteiger partial charge >= 0.3 is 11.9 Å². The first-order valence-corrected chi connectivity index (χ1v) is 3.01. The van der Waals surface area contributed by atoms with Crippen LogP contribution < -0.4 is 0 Å². The summed E-state index contributed by atoms with van der Waals surface area (Å²) in [5.74, 6) is -1.31. The van der Waals surface area contributed by atoms with E-state index >= 15 is 0 Å². The summed E-state index contributed by atoms with van der Waals surface area (Å²) in [6.07, 6.45) is 0. The van der Waals surface area contributed by atoms with Crippen LogP contribution in [0.15, 0.2) is 0 Å². The van der Waals surface area contributed by atoms with E-state index < -0.39 is 25.2 Å². The van der Waals surface area contributed by atoms with Crippen LogP contribution in [-0.2, 0) is 19.1 Å². The van der Waals surface area contributed by atoms with Crippen LogP contribution in [0, 0.1) is 0 Å².